The maximum absolute atomic E-state index is 9.98. The molecule has 1 N–H and O–H groups in total. The number of fused-ring (bicyclic) bond motifs is 2. The zero-order valence-electron chi connectivity index (χ0n) is 13.9. The molecular formula is C19H21NO4. The van der Waals surface area contributed by atoms with Crippen LogP contribution in [-0.4, -0.2) is 30.5 Å². The van der Waals surface area contributed by atoms with Crippen molar-refractivity contribution < 1.29 is 19.3 Å². The molecule has 2 heterocycles. The van der Waals surface area contributed by atoms with Crippen LogP contribution in [0.1, 0.15) is 29.7 Å². The largest absolute Gasteiger partial charge is 0.504 e. The van der Waals surface area contributed by atoms with Gasteiger partial charge < -0.3 is 19.3 Å². The lowest BCUT2D eigenvalue weighted by atomic mass is 9.92. The molecular weight excluding hydrogens is 306 g/mol. The summed E-state index contributed by atoms with van der Waals surface area (Å²) in [6.07, 6.45) is 0.918. The molecule has 4 rings (SSSR count). The number of aromatic hydroxyl groups is 1. The molecule has 0 aliphatic carbocycles. The van der Waals surface area contributed by atoms with E-state index in [9.17, 15) is 5.11 Å². The van der Waals surface area contributed by atoms with Gasteiger partial charge in [-0.3, -0.25) is 4.90 Å². The first-order valence-corrected chi connectivity index (χ1v) is 8.18. The van der Waals surface area contributed by atoms with Crippen molar-refractivity contribution in [3.8, 4) is 23.0 Å². The van der Waals surface area contributed by atoms with Crippen molar-refractivity contribution in [3.05, 3.63) is 47.0 Å². The molecule has 2 aromatic carbocycles. The van der Waals surface area contributed by atoms with Crippen molar-refractivity contribution >= 4 is 0 Å². The van der Waals surface area contributed by atoms with Crippen LogP contribution in [0.3, 0.4) is 0 Å². The van der Waals surface area contributed by atoms with Gasteiger partial charge in [-0.1, -0.05) is 6.07 Å². The second-order valence-electron chi connectivity index (χ2n) is 6.31. The Bertz CT molecular complexity index is 774. The highest BCUT2D eigenvalue weighted by Gasteiger charge is 2.26. The zero-order valence-corrected chi connectivity index (χ0v) is 13.9. The Hall–Kier alpha value is -2.40. The number of methoxy groups -OCH3 is 1. The summed E-state index contributed by atoms with van der Waals surface area (Å²) in [5, 5.41) is 9.98. The van der Waals surface area contributed by atoms with Gasteiger partial charge in [-0.25, -0.2) is 0 Å². The van der Waals surface area contributed by atoms with E-state index in [4.69, 9.17) is 14.2 Å². The van der Waals surface area contributed by atoms with Gasteiger partial charge >= 0.3 is 0 Å². The molecule has 24 heavy (non-hydrogen) atoms. The Kier molecular flexibility index (Phi) is 3.73. The van der Waals surface area contributed by atoms with Gasteiger partial charge in [-0.2, -0.15) is 0 Å². The highest BCUT2D eigenvalue weighted by Crippen LogP contribution is 2.38. The third-order valence-electron chi connectivity index (χ3n) is 4.93. The number of hydrogen-bond acceptors (Lipinski definition) is 5. The van der Waals surface area contributed by atoms with Crippen LogP contribution in [0, 0.1) is 0 Å². The van der Waals surface area contributed by atoms with E-state index in [1.807, 2.05) is 18.2 Å². The van der Waals surface area contributed by atoms with Gasteiger partial charge in [0.05, 0.1) is 7.11 Å². The molecule has 126 valence electrons. The fourth-order valence-corrected chi connectivity index (χ4v) is 3.54. The van der Waals surface area contributed by atoms with Crippen molar-refractivity contribution in [2.24, 2.45) is 0 Å². The van der Waals surface area contributed by atoms with Crippen LogP contribution in [0.15, 0.2) is 30.3 Å². The maximum atomic E-state index is 9.98. The molecule has 0 radical (unpaired) electrons. The summed E-state index contributed by atoms with van der Waals surface area (Å²) in [4.78, 5) is 2.43. The monoisotopic (exact) mass is 327 g/mol. The molecule has 0 aromatic heterocycles. The molecule has 0 spiro atoms. The first-order chi connectivity index (χ1) is 11.7. The SMILES string of the molecule is COc1cc2c(cc1O)CCN(Cc1ccc3c(c1)OCO3)C2C. The van der Waals surface area contributed by atoms with Crippen LogP contribution >= 0.6 is 0 Å². The molecule has 0 fully saturated rings. The van der Waals surface area contributed by atoms with Crippen LogP contribution in [0.25, 0.3) is 0 Å². The molecule has 2 aliphatic rings. The maximum Gasteiger partial charge on any atom is 0.231 e. The van der Waals surface area contributed by atoms with Gasteiger partial charge in [0.2, 0.25) is 6.79 Å². The van der Waals surface area contributed by atoms with Crippen molar-refractivity contribution in [1.29, 1.82) is 0 Å². The Morgan fingerprint density at radius 3 is 2.88 bits per heavy atom. The van der Waals surface area contributed by atoms with Crippen molar-refractivity contribution in [3.63, 3.8) is 0 Å². The third-order valence-corrected chi connectivity index (χ3v) is 4.93. The van der Waals surface area contributed by atoms with Crippen LogP contribution in [0.4, 0.5) is 0 Å². The predicted octanol–water partition coefficient (Wildman–Crippen LogP) is 3.25. The van der Waals surface area contributed by atoms with Gasteiger partial charge in [0.1, 0.15) is 0 Å². The number of hydrogen-bond donors (Lipinski definition) is 1. The summed E-state index contributed by atoms with van der Waals surface area (Å²) in [5.74, 6) is 2.39. The number of rotatable bonds is 3. The molecule has 0 saturated heterocycles. The highest BCUT2D eigenvalue weighted by molar-refractivity contribution is 5.49. The normalized spacial score (nSPS) is 19.2. The topological polar surface area (TPSA) is 51.2 Å². The fraction of sp³-hybridized carbons (Fsp3) is 0.368. The number of ether oxygens (including phenoxy) is 3. The smallest absolute Gasteiger partial charge is 0.231 e. The predicted molar refractivity (Wildman–Crippen MR) is 89.8 cm³/mol. The van der Waals surface area contributed by atoms with E-state index in [1.54, 1.807) is 7.11 Å². The average Bonchev–Trinajstić information content (AvgIpc) is 3.05. The summed E-state index contributed by atoms with van der Waals surface area (Å²) < 4.78 is 16.1. The third kappa shape index (κ3) is 2.55. The lowest BCUT2D eigenvalue weighted by Crippen LogP contribution is -2.33. The number of phenolic OH excluding ortho intramolecular Hbond substituents is 1. The minimum atomic E-state index is 0.215. The number of benzene rings is 2. The Labute approximate surface area is 141 Å². The van der Waals surface area contributed by atoms with E-state index in [1.165, 1.54) is 16.7 Å². The summed E-state index contributed by atoms with van der Waals surface area (Å²) in [7, 11) is 1.58. The van der Waals surface area contributed by atoms with Gasteiger partial charge in [0, 0.05) is 19.1 Å². The van der Waals surface area contributed by atoms with Gasteiger partial charge in [0.15, 0.2) is 23.0 Å². The van der Waals surface area contributed by atoms with Crippen molar-refractivity contribution in [2.45, 2.75) is 25.9 Å². The van der Waals surface area contributed by atoms with Crippen molar-refractivity contribution in [2.75, 3.05) is 20.4 Å². The molecule has 0 bridgehead atoms. The molecule has 0 saturated carbocycles. The van der Waals surface area contributed by atoms with Crippen LogP contribution in [-0.2, 0) is 13.0 Å². The van der Waals surface area contributed by atoms with Crippen LogP contribution in [0.2, 0.25) is 0 Å². The summed E-state index contributed by atoms with van der Waals surface area (Å²) in [6, 6.07) is 10.2. The molecule has 1 unspecified atom stereocenters. The lowest BCUT2D eigenvalue weighted by molar-refractivity contribution is 0.173. The molecule has 5 nitrogen and oxygen atoms in total. The quantitative estimate of drug-likeness (QED) is 0.938. The van der Waals surface area contributed by atoms with E-state index in [2.05, 4.69) is 24.0 Å². The van der Waals surface area contributed by atoms with Crippen LogP contribution < -0.4 is 14.2 Å². The Morgan fingerprint density at radius 1 is 1.21 bits per heavy atom. The molecule has 2 aliphatic heterocycles. The van der Waals surface area contributed by atoms with E-state index in [0.717, 1.165) is 31.0 Å². The molecule has 0 amide bonds. The fourth-order valence-electron chi connectivity index (χ4n) is 3.54. The molecule has 2 aromatic rings. The highest BCUT2D eigenvalue weighted by atomic mass is 16.7. The van der Waals surface area contributed by atoms with Gasteiger partial charge in [-0.15, -0.1) is 0 Å². The first-order valence-electron chi connectivity index (χ1n) is 8.18. The van der Waals surface area contributed by atoms with E-state index < -0.39 is 0 Å². The van der Waals surface area contributed by atoms with Crippen LogP contribution in [0.5, 0.6) is 23.0 Å². The Balaban J connectivity index is 1.57. The summed E-state index contributed by atoms with van der Waals surface area (Å²) in [5.41, 5.74) is 3.62. The van der Waals surface area contributed by atoms with Crippen molar-refractivity contribution in [1.82, 2.24) is 4.90 Å². The first kappa shape index (κ1) is 15.1. The standard InChI is InChI=1S/C19H21NO4/c1-12-15-9-18(22-2)16(21)8-14(15)5-6-20(12)10-13-3-4-17-19(7-13)24-11-23-17/h3-4,7-9,12,21H,5-6,10-11H2,1-2H3. The Morgan fingerprint density at radius 2 is 2.04 bits per heavy atom. The van der Waals surface area contributed by atoms with E-state index in [0.29, 0.717) is 12.5 Å². The summed E-state index contributed by atoms with van der Waals surface area (Å²) >= 11 is 0. The van der Waals surface area contributed by atoms with E-state index >= 15 is 0 Å². The number of phenols is 1. The van der Waals surface area contributed by atoms with Gasteiger partial charge in [0.25, 0.3) is 0 Å². The zero-order chi connectivity index (χ0) is 16.7. The number of nitrogens with zero attached hydrogens (tertiary/aromatic N) is 1. The van der Waals surface area contributed by atoms with Gasteiger partial charge in [-0.05, 0) is 54.3 Å². The molecule has 1 atom stereocenters. The molecule has 5 heteroatoms. The van der Waals surface area contributed by atoms with E-state index in [-0.39, 0.29) is 11.8 Å². The second-order valence-corrected chi connectivity index (χ2v) is 6.31. The minimum absolute atomic E-state index is 0.215. The minimum Gasteiger partial charge on any atom is -0.504 e. The average molecular weight is 327 g/mol. The lowest BCUT2D eigenvalue weighted by Gasteiger charge is -2.35. The second kappa shape index (κ2) is 5.91. The summed E-state index contributed by atoms with van der Waals surface area (Å²) in [6.45, 7) is 4.30.